The number of rotatable bonds is 6. The van der Waals surface area contributed by atoms with Crippen LogP contribution in [-0.2, 0) is 4.74 Å². The van der Waals surface area contributed by atoms with E-state index in [1.54, 1.807) is 13.3 Å². The van der Waals surface area contributed by atoms with Gasteiger partial charge in [0.05, 0.1) is 12.6 Å². The molecule has 0 aliphatic heterocycles. The summed E-state index contributed by atoms with van der Waals surface area (Å²) >= 11 is 0. The van der Waals surface area contributed by atoms with Gasteiger partial charge >= 0.3 is 0 Å². The maximum absolute atomic E-state index is 8.83. The van der Waals surface area contributed by atoms with Crippen LogP contribution in [0.2, 0.25) is 0 Å². The highest BCUT2D eigenvalue weighted by molar-refractivity contribution is 5.34. The summed E-state index contributed by atoms with van der Waals surface area (Å²) in [5.74, 6) is 0.808. The molecule has 4 nitrogen and oxygen atoms in total. The van der Waals surface area contributed by atoms with Gasteiger partial charge in [-0.3, -0.25) is 0 Å². The molecule has 0 amide bonds. The highest BCUT2D eigenvalue weighted by Gasteiger charge is 2.07. The van der Waals surface area contributed by atoms with Crippen LogP contribution in [0.1, 0.15) is 6.42 Å². The summed E-state index contributed by atoms with van der Waals surface area (Å²) < 4.78 is 5.03. The van der Waals surface area contributed by atoms with E-state index in [9.17, 15) is 0 Å². The van der Waals surface area contributed by atoms with E-state index in [0.717, 1.165) is 5.82 Å². The van der Waals surface area contributed by atoms with Gasteiger partial charge in [0.15, 0.2) is 0 Å². The molecule has 14 heavy (non-hydrogen) atoms. The smallest absolute Gasteiger partial charge is 0.126 e. The summed E-state index contributed by atoms with van der Waals surface area (Å²) in [5.41, 5.74) is 0. The standard InChI is InChI=1S/C10H16N2O2/c1-14-8-9(5-7-13)12-10-4-2-3-6-11-10/h2-4,6,9,13H,5,7-8H2,1H3,(H,11,12). The summed E-state index contributed by atoms with van der Waals surface area (Å²) in [5, 5.41) is 12.0. The Hall–Kier alpha value is -1.13. The van der Waals surface area contributed by atoms with Crippen LogP contribution in [0.25, 0.3) is 0 Å². The summed E-state index contributed by atoms with van der Waals surface area (Å²) in [7, 11) is 1.64. The molecule has 1 atom stereocenters. The third kappa shape index (κ3) is 3.72. The number of anilines is 1. The van der Waals surface area contributed by atoms with Gasteiger partial charge in [-0.25, -0.2) is 4.98 Å². The minimum absolute atomic E-state index is 0.111. The zero-order chi connectivity index (χ0) is 10.2. The fourth-order valence-corrected chi connectivity index (χ4v) is 1.21. The van der Waals surface area contributed by atoms with Crippen molar-refractivity contribution in [3.63, 3.8) is 0 Å². The Morgan fingerprint density at radius 2 is 2.43 bits per heavy atom. The Kier molecular flexibility index (Phi) is 4.96. The molecule has 78 valence electrons. The number of hydrogen-bond acceptors (Lipinski definition) is 4. The van der Waals surface area contributed by atoms with Crippen molar-refractivity contribution in [2.75, 3.05) is 25.6 Å². The largest absolute Gasteiger partial charge is 0.396 e. The van der Waals surface area contributed by atoms with Crippen molar-refractivity contribution in [3.05, 3.63) is 24.4 Å². The van der Waals surface area contributed by atoms with Crippen LogP contribution in [0, 0.1) is 0 Å². The molecule has 2 N–H and O–H groups in total. The number of aliphatic hydroxyl groups is 1. The Balaban J connectivity index is 2.46. The van der Waals surface area contributed by atoms with E-state index >= 15 is 0 Å². The molecule has 1 rings (SSSR count). The van der Waals surface area contributed by atoms with Gasteiger partial charge in [0, 0.05) is 19.9 Å². The lowest BCUT2D eigenvalue weighted by atomic mass is 10.2. The molecule has 0 fully saturated rings. The molecule has 4 heteroatoms. The maximum atomic E-state index is 8.83. The highest BCUT2D eigenvalue weighted by atomic mass is 16.5. The molecule has 0 aliphatic carbocycles. The number of nitrogens with one attached hydrogen (secondary N) is 1. The number of aliphatic hydroxyl groups excluding tert-OH is 1. The minimum Gasteiger partial charge on any atom is -0.396 e. The monoisotopic (exact) mass is 196 g/mol. The van der Waals surface area contributed by atoms with E-state index < -0.39 is 0 Å². The van der Waals surface area contributed by atoms with Gasteiger partial charge in [0.2, 0.25) is 0 Å². The lowest BCUT2D eigenvalue weighted by Gasteiger charge is -2.16. The van der Waals surface area contributed by atoms with E-state index in [1.807, 2.05) is 18.2 Å². The van der Waals surface area contributed by atoms with Gasteiger partial charge in [-0.2, -0.15) is 0 Å². The molecule has 1 heterocycles. The van der Waals surface area contributed by atoms with Crippen LogP contribution < -0.4 is 5.32 Å². The topological polar surface area (TPSA) is 54.4 Å². The first kappa shape index (κ1) is 10.9. The first-order chi connectivity index (χ1) is 6.86. The van der Waals surface area contributed by atoms with Crippen LogP contribution in [0.3, 0.4) is 0 Å². The van der Waals surface area contributed by atoms with Gasteiger partial charge in [-0.15, -0.1) is 0 Å². The summed E-state index contributed by atoms with van der Waals surface area (Å²) in [6, 6.07) is 5.78. The van der Waals surface area contributed by atoms with Crippen molar-refractivity contribution in [1.29, 1.82) is 0 Å². The predicted octanol–water partition coefficient (Wildman–Crippen LogP) is 0.891. The SMILES string of the molecule is COCC(CCO)Nc1ccccn1. The van der Waals surface area contributed by atoms with Crippen molar-refractivity contribution in [1.82, 2.24) is 4.98 Å². The molecule has 0 saturated heterocycles. The van der Waals surface area contributed by atoms with Crippen molar-refractivity contribution >= 4 is 5.82 Å². The van der Waals surface area contributed by atoms with Crippen molar-refractivity contribution < 1.29 is 9.84 Å². The normalized spacial score (nSPS) is 12.4. The molecule has 0 aromatic carbocycles. The van der Waals surface area contributed by atoms with E-state index in [-0.39, 0.29) is 12.6 Å². The highest BCUT2D eigenvalue weighted by Crippen LogP contribution is 2.05. The van der Waals surface area contributed by atoms with E-state index in [1.165, 1.54) is 0 Å². The first-order valence-electron chi connectivity index (χ1n) is 4.64. The van der Waals surface area contributed by atoms with Crippen molar-refractivity contribution in [2.45, 2.75) is 12.5 Å². The number of nitrogens with zero attached hydrogens (tertiary/aromatic N) is 1. The molecule has 0 saturated carbocycles. The maximum Gasteiger partial charge on any atom is 0.126 e. The van der Waals surface area contributed by atoms with E-state index in [0.29, 0.717) is 13.0 Å². The molecule has 1 aromatic rings. The molecule has 0 radical (unpaired) electrons. The summed E-state index contributed by atoms with van der Waals surface area (Å²) in [6.45, 7) is 0.713. The number of methoxy groups -OCH3 is 1. The van der Waals surface area contributed by atoms with Gasteiger partial charge in [0.25, 0.3) is 0 Å². The lowest BCUT2D eigenvalue weighted by molar-refractivity contribution is 0.170. The van der Waals surface area contributed by atoms with Crippen molar-refractivity contribution in [2.24, 2.45) is 0 Å². The fraction of sp³-hybridized carbons (Fsp3) is 0.500. The van der Waals surface area contributed by atoms with Gasteiger partial charge in [-0.1, -0.05) is 6.07 Å². The fourth-order valence-electron chi connectivity index (χ4n) is 1.21. The van der Waals surface area contributed by atoms with Crippen molar-refractivity contribution in [3.8, 4) is 0 Å². The number of pyridine rings is 1. The minimum atomic E-state index is 0.111. The molecule has 0 aliphatic rings. The lowest BCUT2D eigenvalue weighted by Crippen LogP contribution is -2.26. The number of aromatic nitrogens is 1. The first-order valence-corrected chi connectivity index (χ1v) is 4.64. The van der Waals surface area contributed by atoms with Gasteiger partial charge < -0.3 is 15.2 Å². The average molecular weight is 196 g/mol. The van der Waals surface area contributed by atoms with Crippen LogP contribution in [0.4, 0.5) is 5.82 Å². The third-order valence-electron chi connectivity index (χ3n) is 1.86. The molecular weight excluding hydrogens is 180 g/mol. The second kappa shape index (κ2) is 6.34. The van der Waals surface area contributed by atoms with Gasteiger partial charge in [-0.05, 0) is 18.6 Å². The Morgan fingerprint density at radius 1 is 1.57 bits per heavy atom. The Morgan fingerprint density at radius 3 is 3.00 bits per heavy atom. The van der Waals surface area contributed by atoms with Crippen LogP contribution in [0.15, 0.2) is 24.4 Å². The quantitative estimate of drug-likeness (QED) is 0.709. The summed E-state index contributed by atoms with van der Waals surface area (Å²) in [6.07, 6.45) is 2.38. The molecular formula is C10H16N2O2. The van der Waals surface area contributed by atoms with E-state index in [2.05, 4.69) is 10.3 Å². The summed E-state index contributed by atoms with van der Waals surface area (Å²) in [4.78, 5) is 4.13. The molecule has 1 aromatic heterocycles. The van der Waals surface area contributed by atoms with Crippen LogP contribution in [-0.4, -0.2) is 36.5 Å². The number of hydrogen-bond donors (Lipinski definition) is 2. The van der Waals surface area contributed by atoms with Crippen LogP contribution >= 0.6 is 0 Å². The zero-order valence-electron chi connectivity index (χ0n) is 8.31. The van der Waals surface area contributed by atoms with Gasteiger partial charge in [0.1, 0.15) is 5.82 Å². The molecule has 0 spiro atoms. The molecule has 1 unspecified atom stereocenters. The molecule has 0 bridgehead atoms. The second-order valence-corrected chi connectivity index (χ2v) is 3.02. The Labute approximate surface area is 83.9 Å². The predicted molar refractivity (Wildman–Crippen MR) is 55.2 cm³/mol. The average Bonchev–Trinajstić information content (AvgIpc) is 2.20. The second-order valence-electron chi connectivity index (χ2n) is 3.02. The van der Waals surface area contributed by atoms with E-state index in [4.69, 9.17) is 9.84 Å². The number of ether oxygens (including phenoxy) is 1. The third-order valence-corrected chi connectivity index (χ3v) is 1.86. The van der Waals surface area contributed by atoms with Crippen LogP contribution in [0.5, 0.6) is 0 Å². The zero-order valence-corrected chi connectivity index (χ0v) is 8.31. The Bertz CT molecular complexity index is 235.